The lowest BCUT2D eigenvalue weighted by Gasteiger charge is -1.86. The minimum absolute atomic E-state index is 0.454. The molecule has 0 aromatic rings. The summed E-state index contributed by atoms with van der Waals surface area (Å²) in [6.07, 6.45) is 3.41. The molecule has 0 aromatic heterocycles. The molecule has 0 heterocycles. The Hall–Kier alpha value is -0.330. The fourth-order valence-electron chi connectivity index (χ4n) is 0.876. The van der Waals surface area contributed by atoms with Gasteiger partial charge in [-0.1, -0.05) is 12.8 Å². The molecule has 0 amide bonds. The molecule has 0 aliphatic heterocycles. The summed E-state index contributed by atoms with van der Waals surface area (Å²) in [5.74, 6) is 0. The normalized spacial score (nSPS) is 19.6. The van der Waals surface area contributed by atoms with Crippen LogP contribution in [0.15, 0.2) is 13.2 Å². The van der Waals surface area contributed by atoms with Gasteiger partial charge in [0.05, 0.1) is 0 Å². The van der Waals surface area contributed by atoms with Crippen LogP contribution in [0.1, 0.15) is 25.7 Å². The van der Waals surface area contributed by atoms with Crippen LogP contribution in [0.25, 0.3) is 0 Å². The van der Waals surface area contributed by atoms with Gasteiger partial charge >= 0.3 is 0 Å². The molecule has 1 aliphatic carbocycles. The first-order valence-corrected chi connectivity index (χ1v) is 3.03. The summed E-state index contributed by atoms with van der Waals surface area (Å²) in [7, 11) is 0. The van der Waals surface area contributed by atoms with E-state index >= 15 is 0 Å². The second kappa shape index (κ2) is 4.82. The fourth-order valence-corrected chi connectivity index (χ4v) is 0.876. The third kappa shape index (κ3) is 2.78. The first-order valence-electron chi connectivity index (χ1n) is 3.03. The highest BCUT2D eigenvalue weighted by Gasteiger charge is 2.11. The van der Waals surface area contributed by atoms with Gasteiger partial charge in [-0.25, -0.2) is 4.39 Å². The van der Waals surface area contributed by atoms with Gasteiger partial charge in [-0.05, 0) is 12.8 Å². The van der Waals surface area contributed by atoms with E-state index in [2.05, 4.69) is 13.2 Å². The Morgan fingerprint density at radius 2 is 1.50 bits per heavy atom. The first-order chi connectivity index (χ1) is 3.89. The minimum atomic E-state index is -0.454. The van der Waals surface area contributed by atoms with Gasteiger partial charge in [0.1, 0.15) is 6.17 Å². The molecular weight excluding hydrogens is 103 g/mol. The largest absolute Gasteiger partial charge is 0.247 e. The predicted octanol–water partition coefficient (Wildman–Crippen LogP) is 2.70. The van der Waals surface area contributed by atoms with Gasteiger partial charge in [-0.3, -0.25) is 0 Å². The van der Waals surface area contributed by atoms with E-state index in [1.807, 2.05) is 0 Å². The molecule has 0 atom stereocenters. The van der Waals surface area contributed by atoms with E-state index in [9.17, 15) is 4.39 Å². The third-order valence-corrected chi connectivity index (χ3v) is 1.28. The molecule has 0 aromatic carbocycles. The minimum Gasteiger partial charge on any atom is -0.247 e. The standard InChI is InChI=1S/C5H9F.C2H4/c6-5-3-1-2-4-5;1-2/h5H,1-4H2;1-2H2. The molecule has 0 nitrogen and oxygen atoms in total. The van der Waals surface area contributed by atoms with Crippen LogP contribution in [0.5, 0.6) is 0 Å². The summed E-state index contributed by atoms with van der Waals surface area (Å²) >= 11 is 0. The summed E-state index contributed by atoms with van der Waals surface area (Å²) in [6.45, 7) is 6.00. The van der Waals surface area contributed by atoms with Crippen molar-refractivity contribution in [2.24, 2.45) is 0 Å². The van der Waals surface area contributed by atoms with Crippen LogP contribution < -0.4 is 0 Å². The van der Waals surface area contributed by atoms with E-state index in [1.54, 1.807) is 0 Å². The van der Waals surface area contributed by atoms with Crippen LogP contribution in [-0.2, 0) is 0 Å². The highest BCUT2D eigenvalue weighted by Crippen LogP contribution is 2.19. The molecule has 0 radical (unpaired) electrons. The number of halogens is 1. The Morgan fingerprint density at radius 1 is 1.12 bits per heavy atom. The zero-order valence-corrected chi connectivity index (χ0v) is 5.20. The first kappa shape index (κ1) is 7.67. The molecule has 48 valence electrons. The number of alkyl halides is 1. The molecule has 1 fully saturated rings. The topological polar surface area (TPSA) is 0 Å². The van der Waals surface area contributed by atoms with Crippen LogP contribution >= 0.6 is 0 Å². The molecule has 1 rings (SSSR count). The van der Waals surface area contributed by atoms with Crippen molar-refractivity contribution in [2.45, 2.75) is 31.9 Å². The molecule has 8 heavy (non-hydrogen) atoms. The van der Waals surface area contributed by atoms with Gasteiger partial charge in [0, 0.05) is 0 Å². The summed E-state index contributed by atoms with van der Waals surface area (Å²) in [5, 5.41) is 0. The van der Waals surface area contributed by atoms with Crippen molar-refractivity contribution in [3.63, 3.8) is 0 Å². The average molecular weight is 116 g/mol. The van der Waals surface area contributed by atoms with E-state index in [4.69, 9.17) is 0 Å². The maximum Gasteiger partial charge on any atom is 0.100 e. The Morgan fingerprint density at radius 3 is 1.62 bits per heavy atom. The molecule has 0 spiro atoms. The zero-order valence-electron chi connectivity index (χ0n) is 5.20. The van der Waals surface area contributed by atoms with Crippen molar-refractivity contribution in [3.05, 3.63) is 13.2 Å². The maximum absolute atomic E-state index is 11.9. The van der Waals surface area contributed by atoms with Crippen LogP contribution in [0.2, 0.25) is 0 Å². The highest BCUT2D eigenvalue weighted by molar-refractivity contribution is 4.63. The monoisotopic (exact) mass is 116 g/mol. The van der Waals surface area contributed by atoms with Crippen molar-refractivity contribution in [3.8, 4) is 0 Å². The number of hydrogen-bond donors (Lipinski definition) is 0. The molecule has 1 saturated carbocycles. The second-order valence-corrected chi connectivity index (χ2v) is 1.88. The quantitative estimate of drug-likeness (QED) is 0.427. The lowest BCUT2D eigenvalue weighted by atomic mass is 10.3. The third-order valence-electron chi connectivity index (χ3n) is 1.28. The summed E-state index contributed by atoms with van der Waals surface area (Å²) in [6, 6.07) is 0. The Kier molecular flexibility index (Phi) is 4.62. The molecule has 0 bridgehead atoms. The number of hydrogen-bond acceptors (Lipinski definition) is 0. The van der Waals surface area contributed by atoms with Gasteiger partial charge in [0.25, 0.3) is 0 Å². The summed E-state index contributed by atoms with van der Waals surface area (Å²) in [5.41, 5.74) is 0. The van der Waals surface area contributed by atoms with Crippen molar-refractivity contribution in [1.82, 2.24) is 0 Å². The average Bonchev–Trinajstić information content (AvgIpc) is 2.24. The molecule has 1 heteroatoms. The SMILES string of the molecule is C=C.FC1CCCC1. The van der Waals surface area contributed by atoms with E-state index < -0.39 is 6.17 Å². The van der Waals surface area contributed by atoms with Crippen LogP contribution in [0, 0.1) is 0 Å². The summed E-state index contributed by atoms with van der Waals surface area (Å²) < 4.78 is 11.9. The van der Waals surface area contributed by atoms with Crippen molar-refractivity contribution < 1.29 is 4.39 Å². The Bertz CT molecular complexity index is 46.3. The number of rotatable bonds is 0. The van der Waals surface area contributed by atoms with Gasteiger partial charge in [-0.2, -0.15) is 0 Å². The van der Waals surface area contributed by atoms with E-state index in [0.29, 0.717) is 0 Å². The van der Waals surface area contributed by atoms with E-state index in [1.165, 1.54) is 0 Å². The lowest BCUT2D eigenvalue weighted by Crippen LogP contribution is -1.85. The fraction of sp³-hybridized carbons (Fsp3) is 0.714. The smallest absolute Gasteiger partial charge is 0.100 e. The maximum atomic E-state index is 11.9. The molecule has 0 unspecified atom stereocenters. The highest BCUT2D eigenvalue weighted by atomic mass is 19.1. The second-order valence-electron chi connectivity index (χ2n) is 1.88. The molecular formula is C7H13F. The van der Waals surface area contributed by atoms with E-state index in [0.717, 1.165) is 25.7 Å². The van der Waals surface area contributed by atoms with Gasteiger partial charge < -0.3 is 0 Å². The van der Waals surface area contributed by atoms with Crippen molar-refractivity contribution >= 4 is 0 Å². The van der Waals surface area contributed by atoms with Gasteiger partial charge in [0.15, 0.2) is 0 Å². The van der Waals surface area contributed by atoms with Crippen molar-refractivity contribution in [1.29, 1.82) is 0 Å². The molecule has 0 N–H and O–H groups in total. The zero-order chi connectivity index (χ0) is 6.41. The molecule has 1 aliphatic rings. The van der Waals surface area contributed by atoms with Gasteiger partial charge in [-0.15, -0.1) is 13.2 Å². The van der Waals surface area contributed by atoms with Gasteiger partial charge in [0.2, 0.25) is 0 Å². The summed E-state index contributed by atoms with van der Waals surface area (Å²) in [4.78, 5) is 0. The Balaban J connectivity index is 0.000000222. The lowest BCUT2D eigenvalue weighted by molar-refractivity contribution is 0.343. The van der Waals surface area contributed by atoms with Crippen LogP contribution in [0.4, 0.5) is 4.39 Å². The van der Waals surface area contributed by atoms with Crippen LogP contribution in [0.3, 0.4) is 0 Å². The Labute approximate surface area is 50.4 Å². The van der Waals surface area contributed by atoms with Crippen molar-refractivity contribution in [2.75, 3.05) is 0 Å². The predicted molar refractivity (Wildman–Crippen MR) is 34.6 cm³/mol. The van der Waals surface area contributed by atoms with E-state index in [-0.39, 0.29) is 0 Å². The molecule has 0 saturated heterocycles. The van der Waals surface area contributed by atoms with Crippen LogP contribution in [-0.4, -0.2) is 6.17 Å².